The minimum absolute atomic E-state index is 0.0281. The number of carboxylic acids is 1. The molecule has 1 aliphatic heterocycles. The summed E-state index contributed by atoms with van der Waals surface area (Å²) in [5, 5.41) is 8.59. The molecule has 2 rings (SSSR count). The number of carbonyl (C=O) groups is 2. The Hall–Kier alpha value is -1.91. The highest BCUT2D eigenvalue weighted by molar-refractivity contribution is 5.96. The summed E-state index contributed by atoms with van der Waals surface area (Å²) in [6.45, 7) is 0.365. The van der Waals surface area contributed by atoms with Gasteiger partial charge in [-0.15, -0.1) is 0 Å². The van der Waals surface area contributed by atoms with Crippen molar-refractivity contribution in [1.82, 2.24) is 0 Å². The zero-order valence-corrected chi connectivity index (χ0v) is 9.86. The van der Waals surface area contributed by atoms with Crippen LogP contribution in [0.25, 0.3) is 0 Å². The molecule has 0 radical (unpaired) electrons. The lowest BCUT2D eigenvalue weighted by atomic mass is 10.0. The molecule has 0 spiro atoms. The minimum atomic E-state index is -0.876. The molecule has 4 nitrogen and oxygen atoms in total. The van der Waals surface area contributed by atoms with Gasteiger partial charge in [-0.05, 0) is 36.6 Å². The maximum atomic E-state index is 13.1. The van der Waals surface area contributed by atoms with Crippen LogP contribution in [-0.2, 0) is 16.0 Å². The first-order valence-electron chi connectivity index (χ1n) is 5.88. The number of aryl methyl sites for hydroxylation is 1. The molecule has 96 valence electrons. The summed E-state index contributed by atoms with van der Waals surface area (Å²) in [5.41, 5.74) is 1.52. The summed E-state index contributed by atoms with van der Waals surface area (Å²) in [6, 6.07) is 4.34. The van der Waals surface area contributed by atoms with Gasteiger partial charge in [0.1, 0.15) is 5.82 Å². The van der Waals surface area contributed by atoms with Gasteiger partial charge in [-0.2, -0.15) is 0 Å². The Labute approximate surface area is 104 Å². The summed E-state index contributed by atoms with van der Waals surface area (Å²) >= 11 is 0. The van der Waals surface area contributed by atoms with Crippen LogP contribution in [0.5, 0.6) is 0 Å². The average molecular weight is 251 g/mol. The van der Waals surface area contributed by atoms with Gasteiger partial charge in [-0.25, -0.2) is 4.39 Å². The average Bonchev–Trinajstić information content (AvgIpc) is 2.31. The number of anilines is 1. The smallest absolute Gasteiger partial charge is 0.303 e. The molecular formula is C13H14FNO3. The van der Waals surface area contributed by atoms with Gasteiger partial charge >= 0.3 is 5.97 Å². The molecule has 1 heterocycles. The highest BCUT2D eigenvalue weighted by atomic mass is 19.1. The lowest BCUT2D eigenvalue weighted by molar-refractivity contribution is -0.137. The van der Waals surface area contributed by atoms with Crippen LogP contribution in [0.15, 0.2) is 18.2 Å². The van der Waals surface area contributed by atoms with E-state index in [0.717, 1.165) is 5.56 Å². The van der Waals surface area contributed by atoms with Gasteiger partial charge in [-0.3, -0.25) is 9.59 Å². The number of carboxylic acid groups (broad SMARTS) is 1. The fourth-order valence-corrected chi connectivity index (χ4v) is 2.16. The van der Waals surface area contributed by atoms with E-state index in [9.17, 15) is 14.0 Å². The van der Waals surface area contributed by atoms with Crippen LogP contribution in [-0.4, -0.2) is 23.5 Å². The molecule has 0 unspecified atom stereocenters. The summed E-state index contributed by atoms with van der Waals surface area (Å²) < 4.78 is 13.1. The summed E-state index contributed by atoms with van der Waals surface area (Å²) in [5.74, 6) is -1.22. The van der Waals surface area contributed by atoms with Crippen molar-refractivity contribution in [2.75, 3.05) is 11.4 Å². The SMILES string of the molecule is O=C(O)CCCN1C(=O)CCc2cc(F)ccc21. The summed E-state index contributed by atoms with van der Waals surface area (Å²) in [6.07, 6.45) is 1.32. The lowest BCUT2D eigenvalue weighted by Crippen LogP contribution is -2.36. The first-order valence-corrected chi connectivity index (χ1v) is 5.88. The molecule has 0 bridgehead atoms. The minimum Gasteiger partial charge on any atom is -0.481 e. The van der Waals surface area contributed by atoms with Crippen molar-refractivity contribution < 1.29 is 19.1 Å². The Kier molecular flexibility index (Phi) is 3.60. The molecule has 0 fully saturated rings. The van der Waals surface area contributed by atoms with E-state index in [-0.39, 0.29) is 18.1 Å². The molecule has 0 aromatic heterocycles. The third-order valence-electron chi connectivity index (χ3n) is 3.01. The van der Waals surface area contributed by atoms with Crippen molar-refractivity contribution in [3.8, 4) is 0 Å². The fraction of sp³-hybridized carbons (Fsp3) is 0.385. The van der Waals surface area contributed by atoms with Crippen molar-refractivity contribution in [2.24, 2.45) is 0 Å². The normalized spacial score (nSPS) is 14.5. The maximum absolute atomic E-state index is 13.1. The third-order valence-corrected chi connectivity index (χ3v) is 3.01. The maximum Gasteiger partial charge on any atom is 0.303 e. The third kappa shape index (κ3) is 2.67. The van der Waals surface area contributed by atoms with Crippen LogP contribution >= 0.6 is 0 Å². The van der Waals surface area contributed by atoms with Gasteiger partial charge in [0.05, 0.1) is 0 Å². The number of benzene rings is 1. The molecule has 5 heteroatoms. The van der Waals surface area contributed by atoms with Gasteiger partial charge < -0.3 is 10.0 Å². The van der Waals surface area contributed by atoms with Crippen LogP contribution in [0, 0.1) is 5.82 Å². The second kappa shape index (κ2) is 5.16. The summed E-state index contributed by atoms with van der Waals surface area (Å²) in [4.78, 5) is 23.8. The van der Waals surface area contributed by atoms with Crippen LogP contribution in [0.1, 0.15) is 24.8 Å². The molecule has 0 aliphatic carbocycles. The van der Waals surface area contributed by atoms with Gasteiger partial charge in [0.15, 0.2) is 0 Å². The Morgan fingerprint density at radius 1 is 1.39 bits per heavy atom. The van der Waals surface area contributed by atoms with Crippen molar-refractivity contribution in [1.29, 1.82) is 0 Å². The van der Waals surface area contributed by atoms with Crippen LogP contribution in [0.3, 0.4) is 0 Å². The number of hydrogen-bond acceptors (Lipinski definition) is 2. The van der Waals surface area contributed by atoms with E-state index in [4.69, 9.17) is 5.11 Å². The quantitative estimate of drug-likeness (QED) is 0.890. The van der Waals surface area contributed by atoms with E-state index in [1.165, 1.54) is 12.1 Å². The largest absolute Gasteiger partial charge is 0.481 e. The number of carbonyl (C=O) groups excluding carboxylic acids is 1. The zero-order chi connectivity index (χ0) is 13.1. The number of hydrogen-bond donors (Lipinski definition) is 1. The number of halogens is 1. The second-order valence-electron chi connectivity index (χ2n) is 4.32. The molecule has 0 saturated heterocycles. The van der Waals surface area contributed by atoms with E-state index >= 15 is 0 Å². The Balaban J connectivity index is 2.15. The van der Waals surface area contributed by atoms with E-state index < -0.39 is 5.97 Å². The molecule has 0 atom stereocenters. The molecule has 18 heavy (non-hydrogen) atoms. The number of aliphatic carboxylic acids is 1. The van der Waals surface area contributed by atoms with Gasteiger partial charge in [0, 0.05) is 25.1 Å². The standard InChI is InChI=1S/C13H14FNO3/c14-10-4-5-11-9(8-10)3-6-12(16)15(11)7-1-2-13(17)18/h4-5,8H,1-3,6-7H2,(H,17,18). The predicted octanol–water partition coefficient (Wildman–Crippen LogP) is 1.97. The van der Waals surface area contributed by atoms with Crippen LogP contribution < -0.4 is 4.90 Å². The zero-order valence-electron chi connectivity index (χ0n) is 9.86. The fourth-order valence-electron chi connectivity index (χ4n) is 2.16. The molecule has 1 aromatic carbocycles. The van der Waals surface area contributed by atoms with Crippen LogP contribution in [0.2, 0.25) is 0 Å². The highest BCUT2D eigenvalue weighted by Gasteiger charge is 2.24. The van der Waals surface area contributed by atoms with E-state index in [1.807, 2.05) is 0 Å². The van der Waals surface area contributed by atoms with Gasteiger partial charge in [0.25, 0.3) is 0 Å². The molecule has 0 saturated carbocycles. The Morgan fingerprint density at radius 3 is 2.89 bits per heavy atom. The predicted molar refractivity (Wildman–Crippen MR) is 63.9 cm³/mol. The van der Waals surface area contributed by atoms with Crippen molar-refractivity contribution in [3.05, 3.63) is 29.6 Å². The van der Waals surface area contributed by atoms with Crippen molar-refractivity contribution >= 4 is 17.6 Å². The topological polar surface area (TPSA) is 57.6 Å². The molecule has 1 aliphatic rings. The van der Waals surface area contributed by atoms with Gasteiger partial charge in [-0.1, -0.05) is 0 Å². The van der Waals surface area contributed by atoms with Crippen molar-refractivity contribution in [2.45, 2.75) is 25.7 Å². The second-order valence-corrected chi connectivity index (χ2v) is 4.32. The molecule has 1 amide bonds. The number of rotatable bonds is 4. The molecule has 1 aromatic rings. The number of amides is 1. The lowest BCUT2D eigenvalue weighted by Gasteiger charge is -2.29. The Bertz CT molecular complexity index is 487. The van der Waals surface area contributed by atoms with E-state index in [2.05, 4.69) is 0 Å². The van der Waals surface area contributed by atoms with E-state index in [0.29, 0.717) is 31.5 Å². The highest BCUT2D eigenvalue weighted by Crippen LogP contribution is 2.28. The number of nitrogens with zero attached hydrogens (tertiary/aromatic N) is 1. The first kappa shape index (κ1) is 12.5. The molecule has 1 N–H and O–H groups in total. The molecular weight excluding hydrogens is 237 g/mol. The van der Waals surface area contributed by atoms with Gasteiger partial charge in [0.2, 0.25) is 5.91 Å². The number of fused-ring (bicyclic) bond motifs is 1. The monoisotopic (exact) mass is 251 g/mol. The van der Waals surface area contributed by atoms with Crippen LogP contribution in [0.4, 0.5) is 10.1 Å². The van der Waals surface area contributed by atoms with E-state index in [1.54, 1.807) is 11.0 Å². The first-order chi connectivity index (χ1) is 8.58. The summed E-state index contributed by atoms with van der Waals surface area (Å²) in [7, 11) is 0. The van der Waals surface area contributed by atoms with Crippen molar-refractivity contribution in [3.63, 3.8) is 0 Å². The Morgan fingerprint density at radius 2 is 2.17 bits per heavy atom.